The van der Waals surface area contributed by atoms with Crippen LogP contribution in [0.5, 0.6) is 0 Å². The number of rotatable bonds is 4. The minimum Gasteiger partial charge on any atom is -0.469 e. The predicted octanol–water partition coefficient (Wildman–Crippen LogP) is 0.635. The van der Waals surface area contributed by atoms with E-state index < -0.39 is 23.6 Å². The highest BCUT2D eigenvalue weighted by molar-refractivity contribution is 5.74. The highest BCUT2D eigenvalue weighted by atomic mass is 16.6. The molecule has 6 nitrogen and oxygen atoms in total. The van der Waals surface area contributed by atoms with Crippen LogP contribution in [0.4, 0.5) is 4.79 Å². The van der Waals surface area contributed by atoms with Crippen LogP contribution in [0.15, 0.2) is 0 Å². The Morgan fingerprint density at radius 1 is 1.35 bits per heavy atom. The highest BCUT2D eigenvalue weighted by Gasteiger charge is 2.25. The van der Waals surface area contributed by atoms with Crippen molar-refractivity contribution in [3.05, 3.63) is 0 Å². The van der Waals surface area contributed by atoms with Gasteiger partial charge >= 0.3 is 12.1 Å². The standard InChI is InChI=1S/C11H21NO5/c1-11(2,3)17-10(15)12(4)6-8(7-13)9(14)16-5/h8,13H,6-7H2,1-5H3/t8-/m1/s1. The second-order valence-electron chi connectivity index (χ2n) is 4.76. The smallest absolute Gasteiger partial charge is 0.410 e. The molecule has 17 heavy (non-hydrogen) atoms. The summed E-state index contributed by atoms with van der Waals surface area (Å²) in [5.74, 6) is -1.31. The Kier molecular flexibility index (Phi) is 5.95. The summed E-state index contributed by atoms with van der Waals surface area (Å²) in [4.78, 5) is 24.1. The molecule has 0 saturated heterocycles. The summed E-state index contributed by atoms with van der Waals surface area (Å²) in [5, 5.41) is 9.01. The highest BCUT2D eigenvalue weighted by Crippen LogP contribution is 2.10. The van der Waals surface area contributed by atoms with Crippen LogP contribution in [-0.4, -0.2) is 55.0 Å². The first-order valence-electron chi connectivity index (χ1n) is 5.34. The van der Waals surface area contributed by atoms with Gasteiger partial charge in [-0.2, -0.15) is 0 Å². The van der Waals surface area contributed by atoms with E-state index in [0.29, 0.717) is 0 Å². The molecule has 6 heteroatoms. The van der Waals surface area contributed by atoms with Gasteiger partial charge in [-0.25, -0.2) is 4.79 Å². The summed E-state index contributed by atoms with van der Waals surface area (Å²) in [6.07, 6.45) is -0.542. The number of carbonyl (C=O) groups is 2. The Bertz CT molecular complexity index is 272. The zero-order valence-corrected chi connectivity index (χ0v) is 11.0. The zero-order chi connectivity index (χ0) is 13.6. The van der Waals surface area contributed by atoms with Gasteiger partial charge in [0.15, 0.2) is 0 Å². The molecule has 0 aromatic carbocycles. The van der Waals surface area contributed by atoms with E-state index in [1.807, 2.05) is 0 Å². The molecule has 0 fully saturated rings. The molecule has 0 bridgehead atoms. The number of aliphatic hydroxyl groups excluding tert-OH is 1. The number of hydrogen-bond donors (Lipinski definition) is 1. The van der Waals surface area contributed by atoms with Crippen molar-refractivity contribution in [3.8, 4) is 0 Å². The lowest BCUT2D eigenvalue weighted by molar-refractivity contribution is -0.147. The second kappa shape index (κ2) is 6.44. The van der Waals surface area contributed by atoms with Crippen LogP contribution in [-0.2, 0) is 14.3 Å². The van der Waals surface area contributed by atoms with Gasteiger partial charge in [0.2, 0.25) is 0 Å². The lowest BCUT2D eigenvalue weighted by Crippen LogP contribution is -2.40. The molecule has 1 amide bonds. The van der Waals surface area contributed by atoms with Crippen LogP contribution < -0.4 is 0 Å². The van der Waals surface area contributed by atoms with Crippen LogP contribution in [0.2, 0.25) is 0 Å². The van der Waals surface area contributed by atoms with Crippen molar-refractivity contribution >= 4 is 12.1 Å². The van der Waals surface area contributed by atoms with Crippen LogP contribution in [0, 0.1) is 5.92 Å². The molecule has 0 aliphatic heterocycles. The Balaban J connectivity index is 4.36. The van der Waals surface area contributed by atoms with Gasteiger partial charge in [0.05, 0.1) is 19.6 Å². The normalized spacial score (nSPS) is 12.8. The lowest BCUT2D eigenvalue weighted by atomic mass is 10.1. The number of nitrogens with zero attached hydrogens (tertiary/aromatic N) is 1. The topological polar surface area (TPSA) is 76.1 Å². The fourth-order valence-electron chi connectivity index (χ4n) is 1.12. The minimum atomic E-state index is -0.752. The third-order valence-electron chi connectivity index (χ3n) is 1.95. The Labute approximate surface area is 101 Å². The molecule has 0 aliphatic carbocycles. The molecule has 0 heterocycles. The average molecular weight is 247 g/mol. The van der Waals surface area contributed by atoms with Crippen LogP contribution in [0.3, 0.4) is 0 Å². The Morgan fingerprint density at radius 3 is 2.24 bits per heavy atom. The molecule has 1 N–H and O–H groups in total. The molecular weight excluding hydrogens is 226 g/mol. The van der Waals surface area contributed by atoms with E-state index in [1.165, 1.54) is 19.1 Å². The number of aliphatic hydroxyl groups is 1. The van der Waals surface area contributed by atoms with E-state index in [0.717, 1.165) is 0 Å². The average Bonchev–Trinajstić information content (AvgIpc) is 2.21. The van der Waals surface area contributed by atoms with Crippen molar-refractivity contribution in [1.82, 2.24) is 4.90 Å². The van der Waals surface area contributed by atoms with Gasteiger partial charge in [-0.05, 0) is 20.8 Å². The first-order chi connectivity index (χ1) is 7.71. The van der Waals surface area contributed by atoms with E-state index in [-0.39, 0.29) is 13.2 Å². The van der Waals surface area contributed by atoms with Crippen LogP contribution >= 0.6 is 0 Å². The van der Waals surface area contributed by atoms with Crippen molar-refractivity contribution < 1.29 is 24.2 Å². The van der Waals surface area contributed by atoms with Crippen molar-refractivity contribution in [1.29, 1.82) is 0 Å². The summed E-state index contributed by atoms with van der Waals surface area (Å²) < 4.78 is 9.62. The maximum Gasteiger partial charge on any atom is 0.410 e. The van der Waals surface area contributed by atoms with Crippen molar-refractivity contribution in [3.63, 3.8) is 0 Å². The molecule has 0 aromatic rings. The predicted molar refractivity (Wildman–Crippen MR) is 61.5 cm³/mol. The Hall–Kier alpha value is -1.30. The summed E-state index contributed by atoms with van der Waals surface area (Å²) in [7, 11) is 2.73. The van der Waals surface area contributed by atoms with Crippen molar-refractivity contribution in [2.45, 2.75) is 26.4 Å². The van der Waals surface area contributed by atoms with Gasteiger partial charge in [0.25, 0.3) is 0 Å². The number of esters is 1. The van der Waals surface area contributed by atoms with Gasteiger partial charge in [0.1, 0.15) is 5.60 Å². The SMILES string of the molecule is COC(=O)[C@@H](CO)CN(C)C(=O)OC(C)(C)C. The monoisotopic (exact) mass is 247 g/mol. The van der Waals surface area contributed by atoms with E-state index in [9.17, 15) is 9.59 Å². The number of methoxy groups -OCH3 is 1. The van der Waals surface area contributed by atoms with E-state index in [4.69, 9.17) is 9.84 Å². The fourth-order valence-corrected chi connectivity index (χ4v) is 1.12. The maximum absolute atomic E-state index is 11.6. The summed E-state index contributed by atoms with van der Waals surface area (Å²) in [6, 6.07) is 0. The fraction of sp³-hybridized carbons (Fsp3) is 0.818. The van der Waals surface area contributed by atoms with Crippen molar-refractivity contribution in [2.75, 3.05) is 27.3 Å². The molecular formula is C11H21NO5. The maximum atomic E-state index is 11.6. The molecule has 0 aromatic heterocycles. The molecule has 0 radical (unpaired) electrons. The molecule has 0 rings (SSSR count). The van der Waals surface area contributed by atoms with Crippen LogP contribution in [0.25, 0.3) is 0 Å². The van der Waals surface area contributed by atoms with Crippen LogP contribution in [0.1, 0.15) is 20.8 Å². The number of carbonyl (C=O) groups excluding carboxylic acids is 2. The molecule has 0 unspecified atom stereocenters. The van der Waals surface area contributed by atoms with E-state index in [2.05, 4.69) is 4.74 Å². The third kappa shape index (κ3) is 6.11. The van der Waals surface area contributed by atoms with Gasteiger partial charge in [-0.3, -0.25) is 4.79 Å². The summed E-state index contributed by atoms with van der Waals surface area (Å²) in [5.41, 5.74) is -0.592. The second-order valence-corrected chi connectivity index (χ2v) is 4.76. The lowest BCUT2D eigenvalue weighted by Gasteiger charge is -2.26. The third-order valence-corrected chi connectivity index (χ3v) is 1.95. The number of amides is 1. The first kappa shape index (κ1) is 15.7. The van der Waals surface area contributed by atoms with Gasteiger partial charge in [0, 0.05) is 13.6 Å². The molecule has 1 atom stereocenters. The largest absolute Gasteiger partial charge is 0.469 e. The quantitative estimate of drug-likeness (QED) is 0.737. The van der Waals surface area contributed by atoms with Gasteiger partial charge < -0.3 is 19.5 Å². The van der Waals surface area contributed by atoms with Crippen molar-refractivity contribution in [2.24, 2.45) is 5.92 Å². The van der Waals surface area contributed by atoms with Gasteiger partial charge in [-0.1, -0.05) is 0 Å². The number of hydrogen-bond acceptors (Lipinski definition) is 5. The zero-order valence-electron chi connectivity index (χ0n) is 11.0. The molecule has 100 valence electrons. The summed E-state index contributed by atoms with van der Waals surface area (Å²) >= 11 is 0. The molecule has 0 saturated carbocycles. The number of ether oxygens (including phenoxy) is 2. The first-order valence-corrected chi connectivity index (χ1v) is 5.34. The summed E-state index contributed by atoms with van der Waals surface area (Å²) in [6.45, 7) is 4.94. The van der Waals surface area contributed by atoms with E-state index >= 15 is 0 Å². The Morgan fingerprint density at radius 2 is 1.88 bits per heavy atom. The minimum absolute atomic E-state index is 0.0537. The molecule has 0 aliphatic rings. The van der Waals surface area contributed by atoms with Gasteiger partial charge in [-0.15, -0.1) is 0 Å². The van der Waals surface area contributed by atoms with E-state index in [1.54, 1.807) is 20.8 Å². The molecule has 0 spiro atoms.